The van der Waals surface area contributed by atoms with Gasteiger partial charge in [0.05, 0.1) is 23.9 Å². The zero-order valence-corrected chi connectivity index (χ0v) is 18.1. The van der Waals surface area contributed by atoms with Gasteiger partial charge in [0.1, 0.15) is 17.2 Å². The number of nitrogens with one attached hydrogen (secondary N) is 1. The minimum Gasteiger partial charge on any atom is -0.508 e. The van der Waals surface area contributed by atoms with Crippen LogP contribution in [0.1, 0.15) is 32.4 Å². The molecule has 156 valence electrons. The highest BCUT2D eigenvalue weighted by atomic mass is 32.1. The summed E-state index contributed by atoms with van der Waals surface area (Å²) < 4.78 is 9.79. The number of methoxy groups -OCH3 is 1. The van der Waals surface area contributed by atoms with Crippen molar-refractivity contribution >= 4 is 23.1 Å². The number of fused-ring (bicyclic) bond motifs is 1. The van der Waals surface area contributed by atoms with Crippen LogP contribution < -0.4 is 4.74 Å². The summed E-state index contributed by atoms with van der Waals surface area (Å²) in [5, 5.41) is 29.0. The number of aromatic amines is 1. The number of ether oxygens (including phenoxy) is 1. The minimum absolute atomic E-state index is 0.180. The van der Waals surface area contributed by atoms with Crippen molar-refractivity contribution in [3.63, 3.8) is 0 Å². The molecule has 2 aromatic heterocycles. The second kappa shape index (κ2) is 7.53. The maximum atomic E-state index is 10.5. The number of aromatic nitrogens is 4. The monoisotopic (exact) mass is 424 g/mol. The molecule has 7 nitrogen and oxygen atoms in total. The van der Waals surface area contributed by atoms with E-state index in [4.69, 9.17) is 17.0 Å². The fourth-order valence-corrected chi connectivity index (χ4v) is 4.05. The molecule has 30 heavy (non-hydrogen) atoms. The van der Waals surface area contributed by atoms with Crippen molar-refractivity contribution in [3.8, 4) is 34.3 Å². The fourth-order valence-electron chi connectivity index (χ4n) is 3.82. The van der Waals surface area contributed by atoms with E-state index in [0.717, 1.165) is 22.2 Å². The van der Waals surface area contributed by atoms with Crippen molar-refractivity contribution in [3.05, 3.63) is 46.9 Å². The lowest BCUT2D eigenvalue weighted by Gasteiger charge is -2.15. The molecule has 0 saturated heterocycles. The van der Waals surface area contributed by atoms with Crippen LogP contribution in [0.25, 0.3) is 28.0 Å². The molecular weight excluding hydrogens is 400 g/mol. The Morgan fingerprint density at radius 3 is 2.60 bits per heavy atom. The van der Waals surface area contributed by atoms with Crippen LogP contribution in [0.2, 0.25) is 0 Å². The quantitative estimate of drug-likeness (QED) is 0.387. The molecule has 4 rings (SSSR count). The number of aromatic hydroxyl groups is 2. The SMILES string of the molecule is CCc1cc(-c2n[nH]c(=S)n2-c2ccc(O)c3c2ccn3C(C)C)c(OC)cc1O. The van der Waals surface area contributed by atoms with E-state index in [2.05, 4.69) is 24.0 Å². The number of nitrogens with zero attached hydrogens (tertiary/aromatic N) is 3. The first-order valence-electron chi connectivity index (χ1n) is 9.77. The van der Waals surface area contributed by atoms with E-state index in [-0.39, 0.29) is 17.5 Å². The topological polar surface area (TPSA) is 88.2 Å². The van der Waals surface area contributed by atoms with Gasteiger partial charge in [0.15, 0.2) is 10.6 Å². The molecule has 0 saturated carbocycles. The Kier molecular flexibility index (Phi) is 5.03. The Labute approximate surface area is 179 Å². The van der Waals surface area contributed by atoms with Crippen LogP contribution in [-0.4, -0.2) is 36.7 Å². The molecule has 0 spiro atoms. The zero-order chi connectivity index (χ0) is 21.6. The van der Waals surface area contributed by atoms with Crippen molar-refractivity contribution in [1.82, 2.24) is 19.3 Å². The Morgan fingerprint density at radius 1 is 1.17 bits per heavy atom. The molecule has 2 heterocycles. The number of phenols is 2. The number of hydrogen-bond acceptors (Lipinski definition) is 5. The average molecular weight is 425 g/mol. The molecular formula is C22H24N4O3S. The lowest BCUT2D eigenvalue weighted by molar-refractivity contribution is 0.407. The lowest BCUT2D eigenvalue weighted by Crippen LogP contribution is -2.02. The maximum absolute atomic E-state index is 10.5. The molecule has 0 aliphatic heterocycles. The van der Waals surface area contributed by atoms with E-state index in [0.29, 0.717) is 28.3 Å². The number of H-pyrrole nitrogens is 1. The van der Waals surface area contributed by atoms with Crippen molar-refractivity contribution in [2.24, 2.45) is 0 Å². The molecule has 3 N–H and O–H groups in total. The van der Waals surface area contributed by atoms with Gasteiger partial charge in [-0.3, -0.25) is 9.67 Å². The van der Waals surface area contributed by atoms with Crippen LogP contribution in [0.15, 0.2) is 36.5 Å². The Hall–Kier alpha value is -3.26. The van der Waals surface area contributed by atoms with Crippen molar-refractivity contribution in [2.45, 2.75) is 33.2 Å². The highest BCUT2D eigenvalue weighted by molar-refractivity contribution is 7.71. The van der Waals surface area contributed by atoms with Crippen LogP contribution in [0.3, 0.4) is 0 Å². The molecule has 0 atom stereocenters. The third-order valence-corrected chi connectivity index (χ3v) is 5.60. The molecule has 0 aliphatic rings. The van der Waals surface area contributed by atoms with Crippen LogP contribution in [0.5, 0.6) is 17.2 Å². The summed E-state index contributed by atoms with van der Waals surface area (Å²) in [4.78, 5) is 0. The number of aryl methyl sites for hydroxylation is 1. The average Bonchev–Trinajstić information content (AvgIpc) is 3.33. The predicted octanol–water partition coefficient (Wildman–Crippen LogP) is 5.11. The number of benzene rings is 2. The third-order valence-electron chi connectivity index (χ3n) is 5.32. The summed E-state index contributed by atoms with van der Waals surface area (Å²) in [5.74, 6) is 1.45. The van der Waals surface area contributed by atoms with E-state index in [1.165, 1.54) is 0 Å². The van der Waals surface area contributed by atoms with Crippen molar-refractivity contribution in [1.29, 1.82) is 0 Å². The summed E-state index contributed by atoms with van der Waals surface area (Å²) in [7, 11) is 1.55. The van der Waals surface area contributed by atoms with Gasteiger partial charge < -0.3 is 19.5 Å². The van der Waals surface area contributed by atoms with Gasteiger partial charge in [0.25, 0.3) is 0 Å². The zero-order valence-electron chi connectivity index (χ0n) is 17.3. The van der Waals surface area contributed by atoms with E-state index >= 15 is 0 Å². The van der Waals surface area contributed by atoms with Gasteiger partial charge in [0, 0.05) is 23.7 Å². The number of phenolic OH excluding ortho intramolecular Hbond substituents is 2. The molecule has 0 fully saturated rings. The van der Waals surface area contributed by atoms with Gasteiger partial charge >= 0.3 is 0 Å². The first-order chi connectivity index (χ1) is 14.4. The molecule has 0 bridgehead atoms. The summed E-state index contributed by atoms with van der Waals surface area (Å²) in [6.07, 6.45) is 2.62. The molecule has 0 amide bonds. The normalized spacial score (nSPS) is 11.5. The first kappa shape index (κ1) is 20.0. The first-order valence-corrected chi connectivity index (χ1v) is 10.2. The van der Waals surface area contributed by atoms with Crippen LogP contribution in [0.4, 0.5) is 0 Å². The lowest BCUT2D eigenvalue weighted by atomic mass is 10.1. The van der Waals surface area contributed by atoms with Crippen LogP contribution >= 0.6 is 12.2 Å². The van der Waals surface area contributed by atoms with E-state index in [1.807, 2.05) is 40.5 Å². The highest BCUT2D eigenvalue weighted by Gasteiger charge is 2.21. The maximum Gasteiger partial charge on any atom is 0.200 e. The summed E-state index contributed by atoms with van der Waals surface area (Å²) in [5.41, 5.74) is 3.03. The van der Waals surface area contributed by atoms with Gasteiger partial charge in [-0.1, -0.05) is 6.92 Å². The van der Waals surface area contributed by atoms with Gasteiger partial charge in [-0.25, -0.2) is 0 Å². The fraction of sp³-hybridized carbons (Fsp3) is 0.273. The highest BCUT2D eigenvalue weighted by Crippen LogP contribution is 2.38. The van der Waals surface area contributed by atoms with E-state index in [9.17, 15) is 10.2 Å². The van der Waals surface area contributed by atoms with Gasteiger partial charge in [-0.05, 0) is 62.3 Å². The second-order valence-electron chi connectivity index (χ2n) is 7.41. The van der Waals surface area contributed by atoms with Gasteiger partial charge in [-0.2, -0.15) is 5.10 Å². The minimum atomic E-state index is 0.180. The largest absolute Gasteiger partial charge is 0.508 e. The summed E-state index contributed by atoms with van der Waals surface area (Å²) >= 11 is 5.56. The van der Waals surface area contributed by atoms with Gasteiger partial charge in [-0.15, -0.1) is 0 Å². The van der Waals surface area contributed by atoms with E-state index < -0.39 is 0 Å². The summed E-state index contributed by atoms with van der Waals surface area (Å²) in [6, 6.07) is 9.11. The number of hydrogen-bond donors (Lipinski definition) is 3. The standard InChI is InChI=1S/C22H24N4O3S/c1-5-13-10-15(19(29-4)11-18(13)28)21-23-24-22(30)26(21)16-6-7-17(27)20-14(16)8-9-25(20)12(2)3/h6-12,27-28H,5H2,1-4H3,(H,24,30). The van der Waals surface area contributed by atoms with Crippen molar-refractivity contribution < 1.29 is 14.9 Å². The Balaban J connectivity index is 2.03. The molecule has 0 radical (unpaired) electrons. The Morgan fingerprint density at radius 2 is 1.93 bits per heavy atom. The van der Waals surface area contributed by atoms with Crippen molar-refractivity contribution in [2.75, 3.05) is 7.11 Å². The number of rotatable bonds is 5. The molecule has 0 unspecified atom stereocenters. The molecule has 2 aromatic carbocycles. The molecule has 8 heteroatoms. The molecule has 4 aromatic rings. The Bertz CT molecular complexity index is 1300. The third kappa shape index (κ3) is 3.04. The van der Waals surface area contributed by atoms with E-state index in [1.54, 1.807) is 19.2 Å². The van der Waals surface area contributed by atoms with Gasteiger partial charge in [0.2, 0.25) is 0 Å². The summed E-state index contributed by atoms with van der Waals surface area (Å²) in [6.45, 7) is 6.10. The van der Waals surface area contributed by atoms with Crippen LogP contribution in [-0.2, 0) is 6.42 Å². The van der Waals surface area contributed by atoms with Crippen LogP contribution in [0, 0.1) is 4.77 Å². The second-order valence-corrected chi connectivity index (χ2v) is 7.79. The predicted molar refractivity (Wildman–Crippen MR) is 119 cm³/mol. The smallest absolute Gasteiger partial charge is 0.200 e. The molecule has 0 aliphatic carbocycles.